The zero-order chi connectivity index (χ0) is 12.5. The van der Waals surface area contributed by atoms with Crippen molar-refractivity contribution >= 4 is 29.3 Å². The Bertz CT molecular complexity index is 582. The van der Waals surface area contributed by atoms with Gasteiger partial charge in [-0.15, -0.1) is 12.4 Å². The van der Waals surface area contributed by atoms with Gasteiger partial charge in [-0.25, -0.2) is 0 Å². The number of benzene rings is 1. The standard InChI is InChI=1S/C14H16N2O2.ClH/c1-10-8-16(7-6-15-10)14(17)12-9-18-13-5-3-2-4-11(12)13;/h2-5,9-10,15H,6-8H2,1H3;1H/t10-;/m0./s1. The van der Waals surface area contributed by atoms with E-state index in [1.807, 2.05) is 29.2 Å². The van der Waals surface area contributed by atoms with Crippen molar-refractivity contribution in [3.8, 4) is 0 Å². The first-order valence-electron chi connectivity index (χ1n) is 6.24. The van der Waals surface area contributed by atoms with Crippen molar-refractivity contribution in [3.05, 3.63) is 36.1 Å². The molecule has 1 aromatic heterocycles. The van der Waals surface area contributed by atoms with Crippen molar-refractivity contribution in [2.75, 3.05) is 19.6 Å². The first-order chi connectivity index (χ1) is 8.75. The fraction of sp³-hybridized carbons (Fsp3) is 0.357. The summed E-state index contributed by atoms with van der Waals surface area (Å²) in [4.78, 5) is 14.3. The maximum atomic E-state index is 12.5. The molecule has 0 radical (unpaired) electrons. The van der Waals surface area contributed by atoms with Gasteiger partial charge in [0.2, 0.25) is 0 Å². The predicted octanol–water partition coefficient (Wildman–Crippen LogP) is 2.29. The second-order valence-electron chi connectivity index (χ2n) is 4.75. The van der Waals surface area contributed by atoms with Crippen molar-refractivity contribution in [2.45, 2.75) is 13.0 Å². The van der Waals surface area contributed by atoms with Crippen LogP contribution in [0.3, 0.4) is 0 Å². The summed E-state index contributed by atoms with van der Waals surface area (Å²) in [5, 5.41) is 4.23. The van der Waals surface area contributed by atoms with Gasteiger partial charge >= 0.3 is 0 Å². The molecule has 1 aliphatic heterocycles. The molecule has 19 heavy (non-hydrogen) atoms. The van der Waals surface area contributed by atoms with E-state index < -0.39 is 0 Å². The molecule has 0 spiro atoms. The van der Waals surface area contributed by atoms with Crippen LogP contribution in [0.1, 0.15) is 17.3 Å². The van der Waals surface area contributed by atoms with E-state index in [4.69, 9.17) is 4.42 Å². The van der Waals surface area contributed by atoms with E-state index in [9.17, 15) is 4.79 Å². The van der Waals surface area contributed by atoms with Gasteiger partial charge in [-0.3, -0.25) is 4.79 Å². The number of hydrogen-bond donors (Lipinski definition) is 1. The molecule has 5 heteroatoms. The molecule has 3 rings (SSSR count). The Labute approximate surface area is 118 Å². The highest BCUT2D eigenvalue weighted by Gasteiger charge is 2.24. The minimum atomic E-state index is 0. The number of halogens is 1. The summed E-state index contributed by atoms with van der Waals surface area (Å²) in [6.07, 6.45) is 1.57. The van der Waals surface area contributed by atoms with E-state index in [2.05, 4.69) is 12.2 Å². The Kier molecular flexibility index (Phi) is 4.12. The van der Waals surface area contributed by atoms with E-state index in [0.717, 1.165) is 30.6 Å². The van der Waals surface area contributed by atoms with Gasteiger partial charge in [-0.05, 0) is 13.0 Å². The molecule has 1 saturated heterocycles. The minimum Gasteiger partial charge on any atom is -0.463 e. The molecular weight excluding hydrogens is 264 g/mol. The molecule has 2 aromatic rings. The summed E-state index contributed by atoms with van der Waals surface area (Å²) in [6, 6.07) is 7.99. The van der Waals surface area contributed by atoms with Crippen molar-refractivity contribution < 1.29 is 9.21 Å². The van der Waals surface area contributed by atoms with Crippen LogP contribution in [0.2, 0.25) is 0 Å². The first-order valence-corrected chi connectivity index (χ1v) is 6.24. The summed E-state index contributed by atoms with van der Waals surface area (Å²) in [6.45, 7) is 4.44. The molecule has 0 aliphatic carbocycles. The van der Waals surface area contributed by atoms with Crippen molar-refractivity contribution in [1.29, 1.82) is 0 Å². The van der Waals surface area contributed by atoms with Crippen LogP contribution >= 0.6 is 12.4 Å². The summed E-state index contributed by atoms with van der Waals surface area (Å²) < 4.78 is 5.42. The molecule has 1 amide bonds. The van der Waals surface area contributed by atoms with Crippen molar-refractivity contribution in [3.63, 3.8) is 0 Å². The number of para-hydroxylation sites is 1. The number of hydrogen-bond acceptors (Lipinski definition) is 3. The fourth-order valence-electron chi connectivity index (χ4n) is 2.43. The van der Waals surface area contributed by atoms with Gasteiger partial charge in [-0.2, -0.15) is 0 Å². The van der Waals surface area contributed by atoms with Gasteiger partial charge in [0.15, 0.2) is 0 Å². The number of piperazine rings is 1. The highest BCUT2D eigenvalue weighted by atomic mass is 35.5. The van der Waals surface area contributed by atoms with Gasteiger partial charge in [0, 0.05) is 31.1 Å². The van der Waals surface area contributed by atoms with E-state index in [0.29, 0.717) is 11.6 Å². The van der Waals surface area contributed by atoms with Crippen molar-refractivity contribution in [1.82, 2.24) is 10.2 Å². The summed E-state index contributed by atoms with van der Waals surface area (Å²) in [5.41, 5.74) is 1.43. The lowest BCUT2D eigenvalue weighted by Gasteiger charge is -2.31. The molecule has 2 heterocycles. The molecule has 1 aromatic carbocycles. The molecular formula is C14H17ClN2O2. The van der Waals surface area contributed by atoms with Crippen LogP contribution < -0.4 is 5.32 Å². The van der Waals surface area contributed by atoms with E-state index >= 15 is 0 Å². The van der Waals surface area contributed by atoms with Crippen LogP contribution in [0.25, 0.3) is 11.0 Å². The predicted molar refractivity (Wildman–Crippen MR) is 76.8 cm³/mol. The number of fused-ring (bicyclic) bond motifs is 1. The molecule has 1 N–H and O–H groups in total. The third kappa shape index (κ3) is 2.60. The lowest BCUT2D eigenvalue weighted by Crippen LogP contribution is -2.51. The topological polar surface area (TPSA) is 45.5 Å². The monoisotopic (exact) mass is 280 g/mol. The second kappa shape index (κ2) is 5.63. The zero-order valence-electron chi connectivity index (χ0n) is 10.8. The van der Waals surface area contributed by atoms with Gasteiger partial charge in [0.25, 0.3) is 5.91 Å². The largest absolute Gasteiger partial charge is 0.463 e. The Hall–Kier alpha value is -1.52. The van der Waals surface area contributed by atoms with E-state index in [1.165, 1.54) is 0 Å². The van der Waals surface area contributed by atoms with Gasteiger partial charge in [0.1, 0.15) is 11.8 Å². The maximum absolute atomic E-state index is 12.5. The maximum Gasteiger partial charge on any atom is 0.257 e. The average molecular weight is 281 g/mol. The Morgan fingerprint density at radius 1 is 1.42 bits per heavy atom. The summed E-state index contributed by atoms with van der Waals surface area (Å²) in [7, 11) is 0. The van der Waals surface area contributed by atoms with Crippen LogP contribution in [0, 0.1) is 0 Å². The summed E-state index contributed by atoms with van der Waals surface area (Å²) in [5.74, 6) is 0.0632. The Morgan fingerprint density at radius 3 is 3.00 bits per heavy atom. The third-order valence-corrected chi connectivity index (χ3v) is 3.37. The van der Waals surface area contributed by atoms with Gasteiger partial charge < -0.3 is 14.6 Å². The Balaban J connectivity index is 0.00000133. The minimum absolute atomic E-state index is 0. The van der Waals surface area contributed by atoms with Crippen LogP contribution in [0.15, 0.2) is 34.9 Å². The second-order valence-corrected chi connectivity index (χ2v) is 4.75. The van der Waals surface area contributed by atoms with Crippen LogP contribution in [0.5, 0.6) is 0 Å². The SMILES string of the molecule is C[C@H]1CN(C(=O)c2coc3ccccc23)CCN1.Cl. The smallest absolute Gasteiger partial charge is 0.257 e. The number of nitrogens with zero attached hydrogens (tertiary/aromatic N) is 1. The molecule has 4 nitrogen and oxygen atoms in total. The van der Waals surface area contributed by atoms with Crippen LogP contribution in [-0.4, -0.2) is 36.5 Å². The van der Waals surface area contributed by atoms with Crippen LogP contribution in [0.4, 0.5) is 0 Å². The highest BCUT2D eigenvalue weighted by Crippen LogP contribution is 2.22. The number of carbonyl (C=O) groups excluding carboxylic acids is 1. The number of amides is 1. The normalized spacial score (nSPS) is 19.2. The Morgan fingerprint density at radius 2 is 2.21 bits per heavy atom. The lowest BCUT2D eigenvalue weighted by atomic mass is 10.1. The van der Waals surface area contributed by atoms with Crippen LogP contribution in [-0.2, 0) is 0 Å². The highest BCUT2D eigenvalue weighted by molar-refractivity contribution is 6.05. The zero-order valence-corrected chi connectivity index (χ0v) is 11.6. The lowest BCUT2D eigenvalue weighted by molar-refractivity contribution is 0.0710. The summed E-state index contributed by atoms with van der Waals surface area (Å²) >= 11 is 0. The molecule has 102 valence electrons. The van der Waals surface area contributed by atoms with Gasteiger partial charge in [0.05, 0.1) is 5.56 Å². The van der Waals surface area contributed by atoms with E-state index in [-0.39, 0.29) is 18.3 Å². The third-order valence-electron chi connectivity index (χ3n) is 3.37. The van der Waals surface area contributed by atoms with Crippen molar-refractivity contribution in [2.24, 2.45) is 0 Å². The first kappa shape index (κ1) is 13.9. The molecule has 1 aliphatic rings. The number of furan rings is 1. The number of rotatable bonds is 1. The molecule has 0 bridgehead atoms. The molecule has 0 saturated carbocycles. The average Bonchev–Trinajstić information content (AvgIpc) is 2.82. The molecule has 1 fully saturated rings. The quantitative estimate of drug-likeness (QED) is 0.872. The van der Waals surface area contributed by atoms with Gasteiger partial charge in [-0.1, -0.05) is 18.2 Å². The number of nitrogens with one attached hydrogen (secondary N) is 1. The molecule has 0 unspecified atom stereocenters. The van der Waals surface area contributed by atoms with E-state index in [1.54, 1.807) is 6.26 Å². The number of carbonyl (C=O) groups is 1. The fourth-order valence-corrected chi connectivity index (χ4v) is 2.43. The molecule has 1 atom stereocenters.